The summed E-state index contributed by atoms with van der Waals surface area (Å²) in [5, 5.41) is 6.33. The first kappa shape index (κ1) is 21.3. The molecule has 6 nitrogen and oxygen atoms in total. The predicted molar refractivity (Wildman–Crippen MR) is 114 cm³/mol. The molecular formula is C21H27ClFN5O. The summed E-state index contributed by atoms with van der Waals surface area (Å²) in [6.45, 7) is 2.60. The Morgan fingerprint density at radius 2 is 2.00 bits per heavy atom. The maximum atomic E-state index is 13.2. The van der Waals surface area contributed by atoms with E-state index in [1.807, 2.05) is 32.1 Å². The SMILES string of the molecule is Cc1cnc(NC2CCC(CNC(=O)c3ccc(F)c(Cl)c3)CC2)nc1N(C)C. The highest BCUT2D eigenvalue weighted by Gasteiger charge is 2.22. The van der Waals surface area contributed by atoms with Crippen molar-refractivity contribution in [1.82, 2.24) is 15.3 Å². The van der Waals surface area contributed by atoms with Gasteiger partial charge in [-0.1, -0.05) is 11.6 Å². The van der Waals surface area contributed by atoms with Gasteiger partial charge in [0, 0.05) is 44.0 Å². The second-order valence-electron chi connectivity index (χ2n) is 7.80. The van der Waals surface area contributed by atoms with Crippen LogP contribution in [0.5, 0.6) is 0 Å². The molecule has 1 saturated carbocycles. The van der Waals surface area contributed by atoms with E-state index < -0.39 is 5.82 Å². The molecule has 3 rings (SSSR count). The molecule has 0 radical (unpaired) electrons. The second kappa shape index (κ2) is 9.39. The normalized spacial score (nSPS) is 18.9. The van der Waals surface area contributed by atoms with Crippen molar-refractivity contribution in [2.24, 2.45) is 5.92 Å². The Hall–Kier alpha value is -2.41. The number of hydrogen-bond donors (Lipinski definition) is 2. The highest BCUT2D eigenvalue weighted by Crippen LogP contribution is 2.26. The van der Waals surface area contributed by atoms with Gasteiger partial charge in [-0.15, -0.1) is 0 Å². The summed E-state index contributed by atoms with van der Waals surface area (Å²) in [5.74, 6) is 1.24. The van der Waals surface area contributed by atoms with Crippen LogP contribution in [-0.4, -0.2) is 42.6 Å². The van der Waals surface area contributed by atoms with Gasteiger partial charge in [0.15, 0.2) is 0 Å². The Bertz CT molecular complexity index is 868. The lowest BCUT2D eigenvalue weighted by molar-refractivity contribution is 0.0943. The van der Waals surface area contributed by atoms with Crippen molar-refractivity contribution < 1.29 is 9.18 Å². The van der Waals surface area contributed by atoms with E-state index >= 15 is 0 Å². The first-order chi connectivity index (χ1) is 13.8. The monoisotopic (exact) mass is 419 g/mol. The number of carbonyl (C=O) groups excluding carboxylic acids is 1. The lowest BCUT2D eigenvalue weighted by atomic mass is 9.86. The van der Waals surface area contributed by atoms with Crippen LogP contribution in [0.4, 0.5) is 16.2 Å². The fourth-order valence-corrected chi connectivity index (χ4v) is 3.81. The Balaban J connectivity index is 1.46. The number of aryl methyl sites for hydroxylation is 1. The van der Waals surface area contributed by atoms with Crippen LogP contribution in [0.3, 0.4) is 0 Å². The molecule has 1 aromatic heterocycles. The third-order valence-corrected chi connectivity index (χ3v) is 5.57. The minimum atomic E-state index is -0.524. The number of amides is 1. The molecule has 1 heterocycles. The first-order valence-electron chi connectivity index (χ1n) is 9.84. The highest BCUT2D eigenvalue weighted by atomic mass is 35.5. The Morgan fingerprint density at radius 3 is 2.66 bits per heavy atom. The van der Waals surface area contributed by atoms with Crippen LogP contribution in [0.1, 0.15) is 41.6 Å². The first-order valence-corrected chi connectivity index (χ1v) is 10.2. The van der Waals surface area contributed by atoms with Gasteiger partial charge in [-0.2, -0.15) is 4.98 Å². The summed E-state index contributed by atoms with van der Waals surface area (Å²) in [7, 11) is 3.94. The minimum absolute atomic E-state index is 0.0417. The third-order valence-electron chi connectivity index (χ3n) is 5.28. The molecule has 156 valence electrons. The summed E-state index contributed by atoms with van der Waals surface area (Å²) < 4.78 is 13.2. The zero-order chi connectivity index (χ0) is 21.0. The minimum Gasteiger partial charge on any atom is -0.362 e. The molecule has 0 aliphatic heterocycles. The second-order valence-corrected chi connectivity index (χ2v) is 8.20. The van der Waals surface area contributed by atoms with Crippen LogP contribution in [0, 0.1) is 18.7 Å². The number of anilines is 2. The number of nitrogens with one attached hydrogen (secondary N) is 2. The lowest BCUT2D eigenvalue weighted by Gasteiger charge is -2.29. The molecule has 2 N–H and O–H groups in total. The van der Waals surface area contributed by atoms with Crippen LogP contribution in [-0.2, 0) is 0 Å². The van der Waals surface area contributed by atoms with E-state index in [1.54, 1.807) is 0 Å². The Labute approximate surface area is 175 Å². The van der Waals surface area contributed by atoms with Gasteiger partial charge in [0.05, 0.1) is 5.02 Å². The van der Waals surface area contributed by atoms with E-state index in [4.69, 9.17) is 11.6 Å². The fourth-order valence-electron chi connectivity index (χ4n) is 3.63. The van der Waals surface area contributed by atoms with Crippen molar-refractivity contribution in [2.45, 2.75) is 38.6 Å². The summed E-state index contributed by atoms with van der Waals surface area (Å²) in [6.07, 6.45) is 5.85. The zero-order valence-electron chi connectivity index (χ0n) is 17.0. The maximum absolute atomic E-state index is 13.2. The molecule has 29 heavy (non-hydrogen) atoms. The van der Waals surface area contributed by atoms with E-state index in [0.717, 1.165) is 37.1 Å². The molecule has 1 fully saturated rings. The predicted octanol–water partition coefficient (Wildman–Crippen LogP) is 4.04. The van der Waals surface area contributed by atoms with Gasteiger partial charge < -0.3 is 15.5 Å². The van der Waals surface area contributed by atoms with Crippen LogP contribution in [0.2, 0.25) is 5.02 Å². The molecule has 0 spiro atoms. The van der Waals surface area contributed by atoms with E-state index in [2.05, 4.69) is 20.6 Å². The van der Waals surface area contributed by atoms with Gasteiger partial charge in [-0.3, -0.25) is 4.79 Å². The standard InChI is InChI=1S/C21H27ClFN5O/c1-13-11-25-21(27-19(13)28(2)3)26-16-7-4-14(5-8-16)12-24-20(29)15-6-9-18(23)17(22)10-15/h6,9-11,14,16H,4-5,7-8,12H2,1-3H3,(H,24,29)(H,25,26,27). The molecule has 0 saturated heterocycles. The van der Waals surface area contributed by atoms with E-state index in [0.29, 0.717) is 30.0 Å². The van der Waals surface area contributed by atoms with Crippen LogP contribution in [0.25, 0.3) is 0 Å². The molecular weight excluding hydrogens is 393 g/mol. The van der Waals surface area contributed by atoms with Crippen molar-refractivity contribution in [3.63, 3.8) is 0 Å². The summed E-state index contributed by atoms with van der Waals surface area (Å²) in [5.41, 5.74) is 1.42. The number of nitrogens with zero attached hydrogens (tertiary/aromatic N) is 3. The molecule has 1 aliphatic carbocycles. The van der Waals surface area contributed by atoms with Crippen LogP contribution in [0.15, 0.2) is 24.4 Å². The van der Waals surface area contributed by atoms with Crippen molar-refractivity contribution in [1.29, 1.82) is 0 Å². The molecule has 2 aromatic rings. The van der Waals surface area contributed by atoms with Gasteiger partial charge in [0.1, 0.15) is 11.6 Å². The van der Waals surface area contributed by atoms with Gasteiger partial charge >= 0.3 is 0 Å². The molecule has 1 aliphatic rings. The molecule has 0 bridgehead atoms. The number of carbonyl (C=O) groups is 1. The highest BCUT2D eigenvalue weighted by molar-refractivity contribution is 6.31. The molecule has 0 unspecified atom stereocenters. The lowest BCUT2D eigenvalue weighted by Crippen LogP contribution is -2.34. The van der Waals surface area contributed by atoms with E-state index in [9.17, 15) is 9.18 Å². The van der Waals surface area contributed by atoms with Crippen molar-refractivity contribution >= 4 is 29.3 Å². The third kappa shape index (κ3) is 5.56. The van der Waals surface area contributed by atoms with Crippen molar-refractivity contribution in [2.75, 3.05) is 30.9 Å². The van der Waals surface area contributed by atoms with Gasteiger partial charge in [-0.05, 0) is 56.7 Å². The number of benzene rings is 1. The maximum Gasteiger partial charge on any atom is 0.251 e. The molecule has 8 heteroatoms. The Morgan fingerprint density at radius 1 is 1.28 bits per heavy atom. The average Bonchev–Trinajstić information content (AvgIpc) is 2.70. The van der Waals surface area contributed by atoms with Crippen LogP contribution < -0.4 is 15.5 Å². The summed E-state index contributed by atoms with van der Waals surface area (Å²) in [6, 6.07) is 4.34. The largest absolute Gasteiger partial charge is 0.362 e. The Kier molecular flexibility index (Phi) is 6.90. The van der Waals surface area contributed by atoms with Crippen LogP contribution >= 0.6 is 11.6 Å². The molecule has 0 atom stereocenters. The summed E-state index contributed by atoms with van der Waals surface area (Å²) in [4.78, 5) is 23.2. The average molecular weight is 420 g/mol. The van der Waals surface area contributed by atoms with E-state index in [1.165, 1.54) is 18.2 Å². The van der Waals surface area contributed by atoms with Gasteiger partial charge in [0.2, 0.25) is 5.95 Å². The molecule has 1 amide bonds. The topological polar surface area (TPSA) is 70.1 Å². The number of hydrogen-bond acceptors (Lipinski definition) is 5. The number of halogens is 2. The van der Waals surface area contributed by atoms with E-state index in [-0.39, 0.29) is 10.9 Å². The summed E-state index contributed by atoms with van der Waals surface area (Å²) >= 11 is 5.75. The molecule has 1 aromatic carbocycles. The van der Waals surface area contributed by atoms with Crippen molar-refractivity contribution in [3.05, 3.63) is 46.4 Å². The number of aromatic nitrogens is 2. The van der Waals surface area contributed by atoms with Gasteiger partial charge in [-0.25, -0.2) is 9.37 Å². The van der Waals surface area contributed by atoms with Crippen molar-refractivity contribution in [3.8, 4) is 0 Å². The fraction of sp³-hybridized carbons (Fsp3) is 0.476. The quantitative estimate of drug-likeness (QED) is 0.739. The number of rotatable bonds is 6. The van der Waals surface area contributed by atoms with Gasteiger partial charge in [0.25, 0.3) is 5.91 Å². The smallest absolute Gasteiger partial charge is 0.251 e. The zero-order valence-corrected chi connectivity index (χ0v) is 17.8.